The number of aromatic nitrogens is 3. The van der Waals surface area contributed by atoms with Crippen molar-refractivity contribution in [2.24, 2.45) is 5.41 Å². The van der Waals surface area contributed by atoms with E-state index in [0.29, 0.717) is 43.6 Å². The quantitative estimate of drug-likeness (QED) is 0.225. The van der Waals surface area contributed by atoms with Gasteiger partial charge >= 0.3 is 0 Å². The molecule has 3 heterocycles. The van der Waals surface area contributed by atoms with Gasteiger partial charge in [0.1, 0.15) is 24.3 Å². The highest BCUT2D eigenvalue weighted by atomic mass is 28.4. The van der Waals surface area contributed by atoms with Gasteiger partial charge in [-0.05, 0) is 79.2 Å². The maximum Gasteiger partial charge on any atom is 0.271 e. The number of ether oxygens (including phenoxy) is 1. The first-order valence-electron chi connectivity index (χ1n) is 15.8. The third kappa shape index (κ3) is 6.30. The van der Waals surface area contributed by atoms with Gasteiger partial charge in [0.2, 0.25) is 0 Å². The minimum Gasteiger partial charge on any atom is -0.486 e. The summed E-state index contributed by atoms with van der Waals surface area (Å²) in [6, 6.07) is 8.31. The molecule has 1 atom stereocenters. The van der Waals surface area contributed by atoms with Crippen LogP contribution in [0.25, 0.3) is 11.3 Å². The molecule has 0 spiro atoms. The summed E-state index contributed by atoms with van der Waals surface area (Å²) in [7, 11) is -0.141. The summed E-state index contributed by atoms with van der Waals surface area (Å²) < 4.78 is 15.0. The first kappa shape index (κ1) is 32.2. The summed E-state index contributed by atoms with van der Waals surface area (Å²) in [5, 5.41) is 3.17. The number of nitrogens with zero attached hydrogens (tertiary/aromatic N) is 4. The average Bonchev–Trinajstić information content (AvgIpc) is 3.42. The fraction of sp³-hybridized carbons (Fsp3) is 0.559. The van der Waals surface area contributed by atoms with Gasteiger partial charge in [-0.1, -0.05) is 46.8 Å². The van der Waals surface area contributed by atoms with E-state index in [9.17, 15) is 4.79 Å². The summed E-state index contributed by atoms with van der Waals surface area (Å²) in [5.41, 5.74) is 13.6. The zero-order chi connectivity index (χ0) is 32.0. The first-order chi connectivity index (χ1) is 20.6. The third-order valence-corrected chi connectivity index (χ3v) is 14.3. The Hall–Kier alpha value is -3.21. The van der Waals surface area contributed by atoms with E-state index in [4.69, 9.17) is 14.9 Å². The van der Waals surface area contributed by atoms with E-state index in [-0.39, 0.29) is 22.4 Å². The lowest BCUT2D eigenvalue weighted by atomic mass is 9.90. The number of likely N-dealkylation sites (N-methyl/N-ethyl adjacent to an activating group) is 1. The smallest absolute Gasteiger partial charge is 0.271 e. The Morgan fingerprint density at radius 1 is 1.16 bits per heavy atom. The van der Waals surface area contributed by atoms with Crippen LogP contribution in [0.3, 0.4) is 0 Å². The molecule has 0 bridgehead atoms. The lowest BCUT2D eigenvalue weighted by molar-refractivity contribution is 0.0468. The molecule has 3 aromatic rings. The highest BCUT2D eigenvalue weighted by Crippen LogP contribution is 2.41. The summed E-state index contributed by atoms with van der Waals surface area (Å²) in [5.74, 6) is 0.884. The third-order valence-electron chi connectivity index (χ3n) is 9.76. The maximum absolute atomic E-state index is 14.2. The number of carbonyl (C=O) groups is 1. The molecule has 1 unspecified atom stereocenters. The zero-order valence-electron chi connectivity index (χ0n) is 28.0. The summed E-state index contributed by atoms with van der Waals surface area (Å²) in [6.07, 6.45) is 3.47. The number of nitrogens with one attached hydrogen (secondary N) is 1. The van der Waals surface area contributed by atoms with Crippen molar-refractivity contribution < 1.29 is 14.0 Å². The normalized spacial score (nSPS) is 18.0. The number of rotatable bonds is 10. The van der Waals surface area contributed by atoms with Crippen LogP contribution in [0.2, 0.25) is 18.1 Å². The van der Waals surface area contributed by atoms with Crippen LogP contribution in [-0.2, 0) is 30.4 Å². The van der Waals surface area contributed by atoms with Crippen molar-refractivity contribution >= 4 is 20.0 Å². The molecule has 2 aliphatic rings. The molecule has 238 valence electrons. The lowest BCUT2D eigenvalue weighted by Gasteiger charge is -2.42. The van der Waals surface area contributed by atoms with Gasteiger partial charge in [0.05, 0.1) is 12.6 Å². The molecule has 9 nitrogen and oxygen atoms in total. The van der Waals surface area contributed by atoms with E-state index in [1.165, 1.54) is 17.6 Å². The number of fused-ring (bicyclic) bond motifs is 3. The van der Waals surface area contributed by atoms with E-state index in [0.717, 1.165) is 41.8 Å². The van der Waals surface area contributed by atoms with Crippen molar-refractivity contribution in [2.45, 2.75) is 91.6 Å². The number of nitrogen functional groups attached to an aromatic ring is 1. The molecule has 1 aliphatic heterocycles. The Morgan fingerprint density at radius 2 is 1.91 bits per heavy atom. The Bertz CT molecular complexity index is 1540. The van der Waals surface area contributed by atoms with Crippen molar-refractivity contribution in [2.75, 3.05) is 32.5 Å². The standard InChI is InChI=1S/C34H50N6O3Si/c1-22-14-23(29-30(42-13-12-36-7)31(35)38-21-37-29)10-11-24(22)18-39-26(20-43-44(8,9)33(2,3)4)19-40-27(32(39)41)15-25-16-34(5,6)17-28(25)40/h10-11,14-15,21,26,36H,12-13,16-20H2,1-9H3,(H2,35,37,38). The van der Waals surface area contributed by atoms with Crippen LogP contribution in [-0.4, -0.2) is 66.5 Å². The molecule has 0 radical (unpaired) electrons. The van der Waals surface area contributed by atoms with Crippen LogP contribution >= 0.6 is 0 Å². The maximum atomic E-state index is 14.2. The van der Waals surface area contributed by atoms with Crippen molar-refractivity contribution in [3.8, 4) is 17.0 Å². The molecule has 44 heavy (non-hydrogen) atoms. The second kappa shape index (κ2) is 11.9. The van der Waals surface area contributed by atoms with Gasteiger partial charge in [-0.15, -0.1) is 0 Å². The van der Waals surface area contributed by atoms with Gasteiger partial charge in [-0.25, -0.2) is 9.97 Å². The Balaban J connectivity index is 1.45. The van der Waals surface area contributed by atoms with Crippen molar-refractivity contribution in [1.29, 1.82) is 0 Å². The van der Waals surface area contributed by atoms with Crippen LogP contribution in [0.1, 0.15) is 67.5 Å². The van der Waals surface area contributed by atoms with Crippen molar-refractivity contribution in [3.63, 3.8) is 0 Å². The number of carbonyl (C=O) groups excluding carboxylic acids is 1. The van der Waals surface area contributed by atoms with E-state index in [1.54, 1.807) is 0 Å². The second-order valence-electron chi connectivity index (χ2n) is 14.8. The van der Waals surface area contributed by atoms with E-state index < -0.39 is 8.32 Å². The van der Waals surface area contributed by atoms with Crippen LogP contribution in [0, 0.1) is 12.3 Å². The highest BCUT2D eigenvalue weighted by Gasteiger charge is 2.42. The Kier molecular flexibility index (Phi) is 8.74. The summed E-state index contributed by atoms with van der Waals surface area (Å²) in [4.78, 5) is 24.9. The SMILES string of the molecule is CNCCOc1c(N)ncnc1-c1ccc(CN2C(=O)c3cc4c(n3CC2CO[Si](C)(C)C(C)(C)C)CC(C)(C)C4)c(C)c1. The number of hydrogen-bond donors (Lipinski definition) is 2. The van der Waals surface area contributed by atoms with Crippen LogP contribution < -0.4 is 15.8 Å². The second-order valence-corrected chi connectivity index (χ2v) is 19.6. The Labute approximate surface area is 263 Å². The number of aryl methyl sites for hydroxylation is 1. The molecular formula is C34H50N6O3Si. The van der Waals surface area contributed by atoms with Crippen LogP contribution in [0.4, 0.5) is 5.82 Å². The Morgan fingerprint density at radius 3 is 2.59 bits per heavy atom. The van der Waals surface area contributed by atoms with Gasteiger partial charge in [-0.3, -0.25) is 4.79 Å². The largest absolute Gasteiger partial charge is 0.486 e. The zero-order valence-corrected chi connectivity index (χ0v) is 29.0. The predicted octanol–water partition coefficient (Wildman–Crippen LogP) is 5.61. The van der Waals surface area contributed by atoms with Crippen LogP contribution in [0.5, 0.6) is 5.75 Å². The number of hydrogen-bond acceptors (Lipinski definition) is 7. The summed E-state index contributed by atoms with van der Waals surface area (Å²) in [6.45, 7) is 21.0. The molecule has 0 saturated heterocycles. The fourth-order valence-electron chi connectivity index (χ4n) is 6.11. The van der Waals surface area contributed by atoms with Crippen molar-refractivity contribution in [3.05, 3.63) is 58.7 Å². The molecule has 1 aliphatic carbocycles. The number of nitrogens with two attached hydrogens (primary N) is 1. The number of amides is 1. The molecule has 5 rings (SSSR count). The summed E-state index contributed by atoms with van der Waals surface area (Å²) >= 11 is 0. The minimum atomic E-state index is -2.02. The molecule has 1 amide bonds. The lowest BCUT2D eigenvalue weighted by Crippen LogP contribution is -2.52. The van der Waals surface area contributed by atoms with Gasteiger partial charge in [0, 0.05) is 30.9 Å². The molecular weight excluding hydrogens is 568 g/mol. The van der Waals surface area contributed by atoms with Gasteiger partial charge in [0.15, 0.2) is 19.9 Å². The molecule has 0 saturated carbocycles. The highest BCUT2D eigenvalue weighted by molar-refractivity contribution is 6.74. The predicted molar refractivity (Wildman–Crippen MR) is 178 cm³/mol. The van der Waals surface area contributed by atoms with E-state index in [1.807, 2.05) is 18.0 Å². The molecule has 2 aromatic heterocycles. The average molecular weight is 619 g/mol. The van der Waals surface area contributed by atoms with Gasteiger partial charge in [0.25, 0.3) is 5.91 Å². The van der Waals surface area contributed by atoms with Crippen LogP contribution in [0.15, 0.2) is 30.6 Å². The molecule has 0 fully saturated rings. The minimum absolute atomic E-state index is 0.0581. The topological polar surface area (TPSA) is 108 Å². The van der Waals surface area contributed by atoms with E-state index >= 15 is 0 Å². The molecule has 1 aromatic carbocycles. The first-order valence-corrected chi connectivity index (χ1v) is 18.7. The number of benzene rings is 1. The van der Waals surface area contributed by atoms with Crippen molar-refractivity contribution in [1.82, 2.24) is 24.8 Å². The molecule has 10 heteroatoms. The molecule has 3 N–H and O–H groups in total. The van der Waals surface area contributed by atoms with Gasteiger partial charge < -0.3 is 29.7 Å². The van der Waals surface area contributed by atoms with E-state index in [2.05, 4.69) is 92.7 Å². The van der Waals surface area contributed by atoms with Gasteiger partial charge in [-0.2, -0.15) is 0 Å². The number of anilines is 1. The fourth-order valence-corrected chi connectivity index (χ4v) is 7.15. The monoisotopic (exact) mass is 618 g/mol.